The van der Waals surface area contributed by atoms with E-state index in [2.05, 4.69) is 39.5 Å². The maximum atomic E-state index is 2.28. The minimum atomic E-state index is 0. The van der Waals surface area contributed by atoms with Crippen molar-refractivity contribution in [2.24, 2.45) is 0 Å². The zero-order valence-corrected chi connectivity index (χ0v) is 11.5. The van der Waals surface area contributed by atoms with Gasteiger partial charge in [-0.25, -0.2) is 0 Å². The van der Waals surface area contributed by atoms with Crippen LogP contribution >= 0.6 is 11.8 Å². The Kier molecular flexibility index (Phi) is 12.3. The summed E-state index contributed by atoms with van der Waals surface area (Å²) in [5, 5.41) is 0. The van der Waals surface area contributed by atoms with E-state index in [9.17, 15) is 0 Å². The summed E-state index contributed by atoms with van der Waals surface area (Å²) < 4.78 is 1.56. The Morgan fingerprint density at radius 1 is 1.46 bits per heavy atom. The van der Waals surface area contributed by atoms with Crippen LogP contribution in [-0.2, 0) is 20.4 Å². The predicted molar refractivity (Wildman–Crippen MR) is 48.4 cm³/mol. The van der Waals surface area contributed by atoms with E-state index in [4.69, 9.17) is 0 Å². The number of hydrogen-bond donors (Lipinski definition) is 0. The van der Waals surface area contributed by atoms with Gasteiger partial charge in [0.2, 0.25) is 0 Å². The van der Waals surface area contributed by atoms with Gasteiger partial charge in [-0.05, 0) is 0 Å². The van der Waals surface area contributed by atoms with Gasteiger partial charge in [0.15, 0.2) is 0 Å². The molecule has 4 heteroatoms. The second-order valence-electron chi connectivity index (χ2n) is 2.66. The molecule has 0 fully saturated rings. The van der Waals surface area contributed by atoms with Crippen LogP contribution in [0, 0.1) is 0 Å². The number of hydrogen-bond acceptors (Lipinski definition) is 1. The number of halogens is 2. The van der Waals surface area contributed by atoms with E-state index in [1.807, 2.05) is 11.8 Å². The Labute approximate surface area is 109 Å². The summed E-state index contributed by atoms with van der Waals surface area (Å²) in [5.41, 5.74) is 1.56. The fourth-order valence-electron chi connectivity index (χ4n) is 1.01. The van der Waals surface area contributed by atoms with E-state index in [0.717, 1.165) is 0 Å². The Morgan fingerprint density at radius 3 is 2.62 bits per heavy atom. The van der Waals surface area contributed by atoms with Crippen LogP contribution in [-0.4, -0.2) is 11.5 Å². The second kappa shape index (κ2) is 9.67. The van der Waals surface area contributed by atoms with E-state index >= 15 is 0 Å². The number of allylic oxidation sites excluding steroid dienone is 3. The first-order valence-corrected chi connectivity index (χ1v) is 5.96. The first-order chi connectivity index (χ1) is 5.34. The van der Waals surface area contributed by atoms with Crippen LogP contribution in [0.3, 0.4) is 0 Å². The van der Waals surface area contributed by atoms with Gasteiger partial charge in [0, 0.05) is 0 Å². The second-order valence-corrected chi connectivity index (χ2v) is 4.71. The van der Waals surface area contributed by atoms with E-state index in [0.29, 0.717) is 0 Å². The van der Waals surface area contributed by atoms with E-state index in [-0.39, 0.29) is 24.8 Å². The third kappa shape index (κ3) is 6.25. The zero-order chi connectivity index (χ0) is 8.10. The van der Waals surface area contributed by atoms with Crippen molar-refractivity contribution in [1.82, 2.24) is 0 Å². The summed E-state index contributed by atoms with van der Waals surface area (Å²) in [6.07, 6.45) is 7.01. The van der Waals surface area contributed by atoms with E-state index in [1.54, 1.807) is 9.45 Å². The molecule has 0 aromatic heterocycles. The minimum Gasteiger partial charge on any atom is -1.00 e. The molecule has 73 valence electrons. The number of rotatable bonds is 4. The van der Waals surface area contributed by atoms with Crippen molar-refractivity contribution in [1.29, 1.82) is 0 Å². The summed E-state index contributed by atoms with van der Waals surface area (Å²) in [7, 11) is 0. The van der Waals surface area contributed by atoms with Gasteiger partial charge in [-0.1, -0.05) is 0 Å². The van der Waals surface area contributed by atoms with Crippen LogP contribution in [0.1, 0.15) is 19.8 Å². The van der Waals surface area contributed by atoms with E-state index in [1.165, 1.54) is 24.3 Å². The molecule has 1 rings (SSSR count). The first-order valence-electron chi connectivity index (χ1n) is 4.02. The van der Waals surface area contributed by atoms with Crippen molar-refractivity contribution in [3.8, 4) is 0 Å². The Morgan fingerprint density at radius 2 is 2.15 bits per heavy atom. The molecule has 0 spiro atoms. The van der Waals surface area contributed by atoms with E-state index < -0.39 is 0 Å². The average molecular weight is 272 g/mol. The smallest absolute Gasteiger partial charge is 1.00 e. The minimum absolute atomic E-state index is 0. The summed E-state index contributed by atoms with van der Waals surface area (Å²) >= 11 is 4.28. The van der Waals surface area contributed by atoms with Gasteiger partial charge in [-0.3, -0.25) is 0 Å². The molecule has 0 radical (unpaired) electrons. The molecule has 0 amide bonds. The average Bonchev–Trinajstić information content (AvgIpc) is 2.37. The fraction of sp³-hybridized carbons (Fsp3) is 0.556. The van der Waals surface area contributed by atoms with Crippen LogP contribution in [0.2, 0.25) is 0 Å². The molecule has 0 nitrogen and oxygen atoms in total. The monoisotopic (exact) mass is 271 g/mol. The Balaban J connectivity index is 0. The Hall–Kier alpha value is 1.12. The van der Waals surface area contributed by atoms with Gasteiger partial charge < -0.3 is 24.8 Å². The topological polar surface area (TPSA) is 0 Å². The van der Waals surface area contributed by atoms with Crippen LogP contribution in [0.25, 0.3) is 0 Å². The SMILES string of the molecule is CCCSCC1=[C]([Ti+2])CC=C1.[Cl-].[Cl-]. The molecule has 13 heavy (non-hydrogen) atoms. The maximum Gasteiger partial charge on any atom is -1.00 e. The third-order valence-corrected chi connectivity index (χ3v) is 3.67. The normalized spacial score (nSPS) is 14.1. The van der Waals surface area contributed by atoms with Crippen molar-refractivity contribution in [3.63, 3.8) is 0 Å². The largest absolute Gasteiger partial charge is 1.00 e. The molecule has 0 heterocycles. The van der Waals surface area contributed by atoms with Crippen LogP contribution in [0.4, 0.5) is 0 Å². The molecule has 0 saturated carbocycles. The molecule has 0 unspecified atom stereocenters. The van der Waals surface area contributed by atoms with Crippen molar-refractivity contribution in [2.45, 2.75) is 19.8 Å². The van der Waals surface area contributed by atoms with Gasteiger partial charge in [-0.15, -0.1) is 0 Å². The molecule has 0 bridgehead atoms. The first kappa shape index (κ1) is 16.6. The molecule has 0 aromatic carbocycles. The maximum absolute atomic E-state index is 2.28. The molecular weight excluding hydrogens is 259 g/mol. The van der Waals surface area contributed by atoms with Gasteiger partial charge in [-0.2, -0.15) is 0 Å². The van der Waals surface area contributed by atoms with Crippen LogP contribution in [0.5, 0.6) is 0 Å². The van der Waals surface area contributed by atoms with Crippen LogP contribution < -0.4 is 24.8 Å². The summed E-state index contributed by atoms with van der Waals surface area (Å²) in [6.45, 7) is 2.23. The molecule has 0 atom stereocenters. The van der Waals surface area contributed by atoms with Crippen molar-refractivity contribution in [2.75, 3.05) is 11.5 Å². The quantitative estimate of drug-likeness (QED) is 0.386. The Bertz CT molecular complexity index is 190. The molecule has 0 aliphatic heterocycles. The summed E-state index contributed by atoms with van der Waals surface area (Å²) in [6, 6.07) is 0. The number of thioether (sulfide) groups is 1. The summed E-state index contributed by atoms with van der Waals surface area (Å²) in [5.74, 6) is 2.51. The molecule has 0 saturated heterocycles. The van der Waals surface area contributed by atoms with Crippen LogP contribution in [0.15, 0.2) is 21.6 Å². The molecular formula is C9H13Cl2STi. The van der Waals surface area contributed by atoms with Crippen molar-refractivity contribution < 1.29 is 45.2 Å². The third-order valence-electron chi connectivity index (χ3n) is 1.63. The van der Waals surface area contributed by atoms with Crippen molar-refractivity contribution in [3.05, 3.63) is 21.6 Å². The standard InChI is InChI=1S/C9H13S.2ClH.Ti/c1-2-7-10-8-9-5-3-4-6-9;;;/h3,5H,2,4,7-8H2,1H3;2*1H;/q;;;+2/p-2. The van der Waals surface area contributed by atoms with Gasteiger partial charge in [0.05, 0.1) is 0 Å². The molecule has 0 N–H and O–H groups in total. The molecule has 1 aliphatic carbocycles. The van der Waals surface area contributed by atoms with Crippen molar-refractivity contribution >= 4 is 11.8 Å². The molecule has 0 aromatic rings. The fourth-order valence-corrected chi connectivity index (χ4v) is 2.59. The van der Waals surface area contributed by atoms with Gasteiger partial charge in [0.25, 0.3) is 0 Å². The van der Waals surface area contributed by atoms with Gasteiger partial charge in [0.1, 0.15) is 0 Å². The predicted octanol–water partition coefficient (Wildman–Crippen LogP) is -3.10. The summed E-state index contributed by atoms with van der Waals surface area (Å²) in [4.78, 5) is 0. The zero-order valence-electron chi connectivity index (χ0n) is 7.65. The molecule has 1 aliphatic rings. The van der Waals surface area contributed by atoms with Gasteiger partial charge >= 0.3 is 85.1 Å².